The Balaban J connectivity index is 2.56. The molecule has 0 bridgehead atoms. The van der Waals surface area contributed by atoms with Gasteiger partial charge in [0.1, 0.15) is 11.6 Å². The quantitative estimate of drug-likeness (QED) is 0.930. The molecule has 0 saturated carbocycles. The van der Waals surface area contributed by atoms with Gasteiger partial charge in [0.2, 0.25) is 0 Å². The van der Waals surface area contributed by atoms with E-state index in [-0.39, 0.29) is 11.5 Å². The first kappa shape index (κ1) is 14.2. The van der Waals surface area contributed by atoms with E-state index >= 15 is 0 Å². The summed E-state index contributed by atoms with van der Waals surface area (Å²) in [5.41, 5.74) is 1.93. The van der Waals surface area contributed by atoms with Crippen molar-refractivity contribution in [3.63, 3.8) is 0 Å². The summed E-state index contributed by atoms with van der Waals surface area (Å²) in [7, 11) is 0. The predicted molar refractivity (Wildman–Crippen MR) is 78.1 cm³/mol. The average Bonchev–Trinajstić information content (AvgIpc) is 2.42. The van der Waals surface area contributed by atoms with E-state index in [1.54, 1.807) is 19.3 Å². The number of aromatic nitrogens is 3. The van der Waals surface area contributed by atoms with Crippen LogP contribution < -0.4 is 10.3 Å². The summed E-state index contributed by atoms with van der Waals surface area (Å²) in [6, 6.07) is 1.86. The van der Waals surface area contributed by atoms with Gasteiger partial charge in [0, 0.05) is 23.2 Å². The van der Waals surface area contributed by atoms with Gasteiger partial charge in [0.25, 0.3) is 5.56 Å². The molecule has 2 aromatic rings. The summed E-state index contributed by atoms with van der Waals surface area (Å²) >= 11 is 0. The van der Waals surface area contributed by atoms with Crippen LogP contribution in [0.15, 0.2) is 23.3 Å². The van der Waals surface area contributed by atoms with Crippen LogP contribution in [-0.2, 0) is 0 Å². The van der Waals surface area contributed by atoms with Crippen LogP contribution in [-0.4, -0.2) is 21.6 Å². The molecule has 2 aromatic heterocycles. The Morgan fingerprint density at radius 1 is 1.35 bits per heavy atom. The monoisotopic (exact) mass is 273 g/mol. The molecule has 0 amide bonds. The van der Waals surface area contributed by atoms with Crippen molar-refractivity contribution in [2.45, 2.75) is 33.6 Å². The smallest absolute Gasteiger partial charge is 0.254 e. The molecule has 0 atom stereocenters. The summed E-state index contributed by atoms with van der Waals surface area (Å²) in [6.45, 7) is 8.24. The van der Waals surface area contributed by atoms with Gasteiger partial charge in [-0.3, -0.25) is 9.78 Å². The summed E-state index contributed by atoms with van der Waals surface area (Å²) < 4.78 is 5.44. The third-order valence-electron chi connectivity index (χ3n) is 3.01. The van der Waals surface area contributed by atoms with Crippen LogP contribution in [0.25, 0.3) is 11.3 Å². The number of hydrogen-bond acceptors (Lipinski definition) is 4. The molecule has 2 heterocycles. The van der Waals surface area contributed by atoms with Crippen LogP contribution in [0.3, 0.4) is 0 Å². The van der Waals surface area contributed by atoms with Gasteiger partial charge in [0.15, 0.2) is 0 Å². The number of ether oxygens (including phenoxy) is 1. The number of H-pyrrole nitrogens is 1. The molecule has 106 valence electrons. The number of nitrogens with zero attached hydrogens (tertiary/aromatic N) is 2. The second-order valence-corrected chi connectivity index (χ2v) is 4.92. The summed E-state index contributed by atoms with van der Waals surface area (Å²) in [5.74, 6) is 1.51. The lowest BCUT2D eigenvalue weighted by Crippen LogP contribution is -2.17. The molecule has 0 unspecified atom stereocenters. The number of pyridine rings is 1. The van der Waals surface area contributed by atoms with Crippen molar-refractivity contribution in [3.05, 3.63) is 40.2 Å². The van der Waals surface area contributed by atoms with Crippen molar-refractivity contribution >= 4 is 0 Å². The van der Waals surface area contributed by atoms with Crippen LogP contribution >= 0.6 is 0 Å². The first-order chi connectivity index (χ1) is 9.52. The molecule has 0 saturated heterocycles. The van der Waals surface area contributed by atoms with Crippen molar-refractivity contribution in [3.8, 4) is 17.0 Å². The van der Waals surface area contributed by atoms with Gasteiger partial charge in [0.05, 0.1) is 18.5 Å². The predicted octanol–water partition coefficient (Wildman–Crippen LogP) is 2.66. The van der Waals surface area contributed by atoms with Crippen molar-refractivity contribution in [1.82, 2.24) is 15.0 Å². The fourth-order valence-electron chi connectivity index (χ4n) is 1.90. The lowest BCUT2D eigenvalue weighted by Gasteiger charge is -2.10. The Hall–Kier alpha value is -2.17. The van der Waals surface area contributed by atoms with E-state index < -0.39 is 0 Å². The van der Waals surface area contributed by atoms with Crippen molar-refractivity contribution in [2.24, 2.45) is 0 Å². The molecule has 0 aromatic carbocycles. The Kier molecular flexibility index (Phi) is 4.17. The molecule has 20 heavy (non-hydrogen) atoms. The summed E-state index contributed by atoms with van der Waals surface area (Å²) in [5, 5.41) is 0. The zero-order valence-electron chi connectivity index (χ0n) is 12.2. The zero-order chi connectivity index (χ0) is 14.7. The van der Waals surface area contributed by atoms with Crippen LogP contribution in [0.2, 0.25) is 0 Å². The van der Waals surface area contributed by atoms with E-state index in [0.717, 1.165) is 5.56 Å². The molecular weight excluding hydrogens is 254 g/mol. The second-order valence-electron chi connectivity index (χ2n) is 4.92. The van der Waals surface area contributed by atoms with E-state index in [2.05, 4.69) is 15.0 Å². The number of hydrogen-bond donors (Lipinski definition) is 1. The Morgan fingerprint density at radius 3 is 2.75 bits per heavy atom. The molecule has 0 radical (unpaired) electrons. The molecule has 5 heteroatoms. The SMILES string of the molecule is CCOc1cncc(-c2nc(C(C)C)[nH]c(=O)c2C)c1. The summed E-state index contributed by atoms with van der Waals surface area (Å²) in [4.78, 5) is 23.5. The minimum Gasteiger partial charge on any atom is -0.492 e. The van der Waals surface area contributed by atoms with Gasteiger partial charge >= 0.3 is 0 Å². The third-order valence-corrected chi connectivity index (χ3v) is 3.01. The van der Waals surface area contributed by atoms with E-state index in [1.807, 2.05) is 26.8 Å². The highest BCUT2D eigenvalue weighted by atomic mass is 16.5. The van der Waals surface area contributed by atoms with Gasteiger partial charge in [-0.1, -0.05) is 13.8 Å². The molecule has 0 aliphatic carbocycles. The van der Waals surface area contributed by atoms with E-state index in [0.29, 0.717) is 29.4 Å². The lowest BCUT2D eigenvalue weighted by molar-refractivity contribution is 0.339. The molecule has 5 nitrogen and oxygen atoms in total. The molecule has 0 spiro atoms. The molecule has 0 aliphatic heterocycles. The molecular formula is C15H19N3O2. The molecule has 0 aliphatic rings. The maximum absolute atomic E-state index is 12.0. The minimum atomic E-state index is -0.111. The maximum Gasteiger partial charge on any atom is 0.254 e. The standard InChI is InChI=1S/C15H19N3O2/c1-5-20-12-6-11(7-16-8-12)13-10(4)15(19)18-14(17-13)9(2)3/h6-9H,5H2,1-4H3,(H,17,18,19). The topological polar surface area (TPSA) is 67.9 Å². The highest BCUT2D eigenvalue weighted by molar-refractivity contribution is 5.62. The Bertz CT molecular complexity index is 662. The Labute approximate surface area is 118 Å². The van der Waals surface area contributed by atoms with Crippen LogP contribution in [0, 0.1) is 6.92 Å². The van der Waals surface area contributed by atoms with E-state index in [1.165, 1.54) is 0 Å². The highest BCUT2D eigenvalue weighted by Crippen LogP contribution is 2.23. The molecule has 0 fully saturated rings. The van der Waals surface area contributed by atoms with Gasteiger partial charge in [-0.25, -0.2) is 4.98 Å². The zero-order valence-corrected chi connectivity index (χ0v) is 12.2. The van der Waals surface area contributed by atoms with E-state index in [9.17, 15) is 4.79 Å². The molecule has 2 rings (SSSR count). The maximum atomic E-state index is 12.0. The second kappa shape index (κ2) is 5.86. The van der Waals surface area contributed by atoms with Crippen molar-refractivity contribution in [1.29, 1.82) is 0 Å². The van der Waals surface area contributed by atoms with Crippen LogP contribution in [0.4, 0.5) is 0 Å². The van der Waals surface area contributed by atoms with Crippen molar-refractivity contribution in [2.75, 3.05) is 6.61 Å². The van der Waals surface area contributed by atoms with Crippen LogP contribution in [0.1, 0.15) is 38.1 Å². The van der Waals surface area contributed by atoms with Gasteiger partial charge in [-0.2, -0.15) is 0 Å². The minimum absolute atomic E-state index is 0.111. The normalized spacial score (nSPS) is 10.8. The Morgan fingerprint density at radius 2 is 2.10 bits per heavy atom. The number of nitrogens with one attached hydrogen (secondary N) is 1. The molecule has 1 N–H and O–H groups in total. The average molecular weight is 273 g/mol. The first-order valence-corrected chi connectivity index (χ1v) is 6.72. The van der Waals surface area contributed by atoms with Gasteiger partial charge < -0.3 is 9.72 Å². The summed E-state index contributed by atoms with van der Waals surface area (Å²) in [6.07, 6.45) is 3.35. The fourth-order valence-corrected chi connectivity index (χ4v) is 1.90. The number of aromatic amines is 1. The van der Waals surface area contributed by atoms with Gasteiger partial charge in [-0.05, 0) is 19.9 Å². The van der Waals surface area contributed by atoms with Gasteiger partial charge in [-0.15, -0.1) is 0 Å². The first-order valence-electron chi connectivity index (χ1n) is 6.72. The fraction of sp³-hybridized carbons (Fsp3) is 0.400. The number of rotatable bonds is 4. The van der Waals surface area contributed by atoms with Crippen molar-refractivity contribution < 1.29 is 4.74 Å². The highest BCUT2D eigenvalue weighted by Gasteiger charge is 2.12. The van der Waals surface area contributed by atoms with Crippen LogP contribution in [0.5, 0.6) is 5.75 Å². The lowest BCUT2D eigenvalue weighted by atomic mass is 10.1. The van der Waals surface area contributed by atoms with E-state index in [4.69, 9.17) is 4.74 Å². The third kappa shape index (κ3) is 2.87. The largest absolute Gasteiger partial charge is 0.492 e.